The fourth-order valence-corrected chi connectivity index (χ4v) is 2.90. The topological polar surface area (TPSA) is 70.4 Å². The zero-order valence-corrected chi connectivity index (χ0v) is 19.8. The molecule has 7 nitrogen and oxygen atoms in total. The highest BCUT2D eigenvalue weighted by atomic mass is 127. The van der Waals surface area contributed by atoms with Crippen LogP contribution in [0.4, 0.5) is 0 Å². The molecule has 0 bridgehead atoms. The van der Waals surface area contributed by atoms with Gasteiger partial charge in [0.1, 0.15) is 12.2 Å². The number of rotatable bonds is 10. The van der Waals surface area contributed by atoms with Crippen molar-refractivity contribution >= 4 is 29.9 Å². The van der Waals surface area contributed by atoms with E-state index in [1.807, 2.05) is 0 Å². The number of benzene rings is 1. The molecule has 1 atom stereocenters. The van der Waals surface area contributed by atoms with Gasteiger partial charge in [-0.25, -0.2) is 0 Å². The Hall–Kier alpha value is -1.68. The Bertz CT molecular complexity index is 687. The van der Waals surface area contributed by atoms with E-state index in [2.05, 4.69) is 86.5 Å². The number of aryl methyl sites for hydroxylation is 1. The highest BCUT2D eigenvalue weighted by Crippen LogP contribution is 2.07. The highest BCUT2D eigenvalue weighted by molar-refractivity contribution is 14.0. The van der Waals surface area contributed by atoms with Crippen LogP contribution < -0.4 is 10.6 Å². The lowest BCUT2D eigenvalue weighted by molar-refractivity contribution is 0.238. The third kappa shape index (κ3) is 8.14. The number of guanidine groups is 1. The summed E-state index contributed by atoms with van der Waals surface area (Å²) in [7, 11) is 3.98. The number of nitrogens with one attached hydrogen (secondary N) is 2. The molecule has 1 unspecified atom stereocenters. The number of halogens is 1. The molecule has 156 valence electrons. The van der Waals surface area contributed by atoms with E-state index in [1.54, 1.807) is 13.4 Å². The van der Waals surface area contributed by atoms with Gasteiger partial charge in [0.2, 0.25) is 0 Å². The van der Waals surface area contributed by atoms with Gasteiger partial charge in [-0.1, -0.05) is 37.3 Å². The van der Waals surface area contributed by atoms with Crippen LogP contribution in [0, 0.1) is 0 Å². The Morgan fingerprint density at radius 1 is 1.21 bits per heavy atom. The molecule has 1 heterocycles. The van der Waals surface area contributed by atoms with Crippen molar-refractivity contribution in [2.45, 2.75) is 45.8 Å². The lowest BCUT2D eigenvalue weighted by Gasteiger charge is -2.25. The van der Waals surface area contributed by atoms with Crippen molar-refractivity contribution in [3.05, 3.63) is 48.0 Å². The Morgan fingerprint density at radius 2 is 1.93 bits per heavy atom. The molecule has 28 heavy (non-hydrogen) atoms. The maximum atomic E-state index is 4.30. The second-order valence-electron chi connectivity index (χ2n) is 6.76. The van der Waals surface area contributed by atoms with Crippen molar-refractivity contribution in [1.82, 2.24) is 30.3 Å². The van der Waals surface area contributed by atoms with Crippen LogP contribution in [0.2, 0.25) is 0 Å². The van der Waals surface area contributed by atoms with E-state index >= 15 is 0 Å². The lowest BCUT2D eigenvalue weighted by atomic mass is 10.1. The summed E-state index contributed by atoms with van der Waals surface area (Å²) in [6.45, 7) is 7.81. The number of aliphatic imine (C=N–C) groups is 1. The van der Waals surface area contributed by atoms with Crippen LogP contribution in [-0.4, -0.2) is 58.9 Å². The number of hydrogen-bond donors (Lipinski definition) is 2. The summed E-state index contributed by atoms with van der Waals surface area (Å²) in [6.07, 6.45) is 3.72. The number of aromatic nitrogens is 3. The molecule has 2 rings (SSSR count). The minimum absolute atomic E-state index is 0. The predicted octanol–water partition coefficient (Wildman–Crippen LogP) is 2.53. The maximum absolute atomic E-state index is 4.30. The average Bonchev–Trinajstić information content (AvgIpc) is 3.14. The van der Waals surface area contributed by atoms with Crippen molar-refractivity contribution in [1.29, 1.82) is 0 Å². The Labute approximate surface area is 186 Å². The summed E-state index contributed by atoms with van der Waals surface area (Å²) >= 11 is 0. The summed E-state index contributed by atoms with van der Waals surface area (Å²) in [6, 6.07) is 11.1. The molecule has 0 saturated heterocycles. The van der Waals surface area contributed by atoms with Gasteiger partial charge in [-0.2, -0.15) is 0 Å². The standard InChI is InChI=1S/C20H33N7.HI/c1-5-19-25-24-16-27(19)14-13-23-20(21-3)22-12-11-17(2)26(4)15-18-9-7-6-8-10-18;/h6-10,16-17H,5,11-15H2,1-4H3,(H2,21,22,23);1H. The number of hydrogen-bond acceptors (Lipinski definition) is 4. The molecule has 2 aromatic rings. The van der Waals surface area contributed by atoms with Gasteiger partial charge in [0.15, 0.2) is 5.96 Å². The summed E-state index contributed by atoms with van der Waals surface area (Å²) in [4.78, 5) is 6.68. The molecule has 0 saturated carbocycles. The van der Waals surface area contributed by atoms with Crippen molar-refractivity contribution in [2.75, 3.05) is 27.2 Å². The third-order valence-electron chi connectivity index (χ3n) is 4.76. The summed E-state index contributed by atoms with van der Waals surface area (Å²) in [5, 5.41) is 14.8. The van der Waals surface area contributed by atoms with E-state index in [-0.39, 0.29) is 24.0 Å². The van der Waals surface area contributed by atoms with Gasteiger partial charge in [-0.15, -0.1) is 34.2 Å². The Morgan fingerprint density at radius 3 is 2.61 bits per heavy atom. The van der Waals surface area contributed by atoms with E-state index < -0.39 is 0 Å². The first-order valence-electron chi connectivity index (χ1n) is 9.69. The van der Waals surface area contributed by atoms with Crippen LogP contribution in [0.3, 0.4) is 0 Å². The SMILES string of the molecule is CCc1nncn1CCNC(=NC)NCCC(C)N(C)Cc1ccccc1.I. The van der Waals surface area contributed by atoms with Gasteiger partial charge < -0.3 is 15.2 Å². The first kappa shape index (κ1) is 24.4. The lowest BCUT2D eigenvalue weighted by Crippen LogP contribution is -2.41. The van der Waals surface area contributed by atoms with E-state index in [0.717, 1.165) is 50.8 Å². The van der Waals surface area contributed by atoms with Crippen LogP contribution in [0.25, 0.3) is 0 Å². The molecule has 2 N–H and O–H groups in total. The summed E-state index contributed by atoms with van der Waals surface area (Å²) in [5.74, 6) is 1.84. The fraction of sp³-hybridized carbons (Fsp3) is 0.550. The minimum Gasteiger partial charge on any atom is -0.356 e. The van der Waals surface area contributed by atoms with Crippen molar-refractivity contribution in [2.24, 2.45) is 4.99 Å². The molecule has 1 aromatic heterocycles. The average molecular weight is 499 g/mol. The van der Waals surface area contributed by atoms with Gasteiger partial charge in [0, 0.05) is 45.7 Å². The molecule has 0 amide bonds. The smallest absolute Gasteiger partial charge is 0.191 e. The normalized spacial score (nSPS) is 12.5. The predicted molar refractivity (Wildman–Crippen MR) is 126 cm³/mol. The van der Waals surface area contributed by atoms with E-state index in [9.17, 15) is 0 Å². The second-order valence-corrected chi connectivity index (χ2v) is 6.76. The van der Waals surface area contributed by atoms with Crippen LogP contribution in [0.5, 0.6) is 0 Å². The molecule has 1 aromatic carbocycles. The van der Waals surface area contributed by atoms with Crippen molar-refractivity contribution in [3.63, 3.8) is 0 Å². The molecule has 0 aliphatic heterocycles. The van der Waals surface area contributed by atoms with Gasteiger partial charge >= 0.3 is 0 Å². The quantitative estimate of drug-likeness (QED) is 0.299. The molecular weight excluding hydrogens is 465 g/mol. The monoisotopic (exact) mass is 499 g/mol. The van der Waals surface area contributed by atoms with Gasteiger partial charge in [-0.3, -0.25) is 9.89 Å². The van der Waals surface area contributed by atoms with Gasteiger partial charge in [-0.05, 0) is 26.0 Å². The number of nitrogens with zero attached hydrogens (tertiary/aromatic N) is 5. The second kappa shape index (κ2) is 13.5. The van der Waals surface area contributed by atoms with Crippen molar-refractivity contribution in [3.8, 4) is 0 Å². The molecule has 0 aliphatic carbocycles. The Balaban J connectivity index is 0.00000392. The Kier molecular flexibility index (Phi) is 11.7. The van der Waals surface area contributed by atoms with Crippen molar-refractivity contribution < 1.29 is 0 Å². The van der Waals surface area contributed by atoms with E-state index in [0.29, 0.717) is 6.04 Å². The molecule has 8 heteroatoms. The highest BCUT2D eigenvalue weighted by Gasteiger charge is 2.10. The largest absolute Gasteiger partial charge is 0.356 e. The molecule has 0 spiro atoms. The van der Waals surface area contributed by atoms with Gasteiger partial charge in [0.05, 0.1) is 0 Å². The van der Waals surface area contributed by atoms with Crippen LogP contribution in [0.1, 0.15) is 31.7 Å². The molecule has 0 aliphatic rings. The van der Waals surface area contributed by atoms with E-state index in [1.165, 1.54) is 5.56 Å². The summed E-state index contributed by atoms with van der Waals surface area (Å²) in [5.41, 5.74) is 1.35. The first-order valence-corrected chi connectivity index (χ1v) is 9.69. The third-order valence-corrected chi connectivity index (χ3v) is 4.76. The van der Waals surface area contributed by atoms with Crippen LogP contribution in [0.15, 0.2) is 41.7 Å². The van der Waals surface area contributed by atoms with E-state index in [4.69, 9.17) is 0 Å². The molecule has 0 radical (unpaired) electrons. The summed E-state index contributed by atoms with van der Waals surface area (Å²) < 4.78 is 2.07. The van der Waals surface area contributed by atoms with Gasteiger partial charge in [0.25, 0.3) is 0 Å². The molecule has 0 fully saturated rings. The minimum atomic E-state index is 0. The fourth-order valence-electron chi connectivity index (χ4n) is 2.90. The molecular formula is C20H34IN7. The zero-order valence-electron chi connectivity index (χ0n) is 17.4. The first-order chi connectivity index (χ1) is 13.1. The maximum Gasteiger partial charge on any atom is 0.191 e. The van der Waals surface area contributed by atoms with Crippen LogP contribution in [-0.2, 0) is 19.5 Å². The zero-order chi connectivity index (χ0) is 19.5. The van der Waals surface area contributed by atoms with Crippen LogP contribution >= 0.6 is 24.0 Å².